The van der Waals surface area contributed by atoms with Gasteiger partial charge in [0.1, 0.15) is 17.3 Å². The third-order valence-electron chi connectivity index (χ3n) is 3.95. The second-order valence-electron chi connectivity index (χ2n) is 5.78. The Morgan fingerprint density at radius 3 is 2.58 bits per heavy atom. The predicted molar refractivity (Wildman–Crippen MR) is 101 cm³/mol. The first-order valence-corrected chi connectivity index (χ1v) is 8.86. The Hall–Kier alpha value is -1.62. The molecule has 3 nitrogen and oxygen atoms in total. The van der Waals surface area contributed by atoms with Gasteiger partial charge in [-0.15, -0.1) is 0 Å². The predicted octanol–water partition coefficient (Wildman–Crippen LogP) is 4.36. The van der Waals surface area contributed by atoms with Gasteiger partial charge in [0, 0.05) is 23.7 Å². The van der Waals surface area contributed by atoms with E-state index in [1.54, 1.807) is 0 Å². The van der Waals surface area contributed by atoms with Gasteiger partial charge in [-0.2, -0.15) is 0 Å². The van der Waals surface area contributed by atoms with E-state index in [0.717, 1.165) is 52.9 Å². The van der Waals surface area contributed by atoms with E-state index in [1.807, 2.05) is 48.5 Å². The zero-order valence-electron chi connectivity index (χ0n) is 13.3. The molecule has 0 amide bonds. The van der Waals surface area contributed by atoms with Gasteiger partial charge in [-0.1, -0.05) is 36.0 Å². The number of benzene rings is 2. The van der Waals surface area contributed by atoms with Crippen LogP contribution in [0.3, 0.4) is 0 Å². The first-order chi connectivity index (χ1) is 11.7. The highest BCUT2D eigenvalue weighted by molar-refractivity contribution is 7.80. The van der Waals surface area contributed by atoms with Crippen molar-refractivity contribution in [3.05, 3.63) is 64.7 Å². The molecule has 0 aliphatic carbocycles. The Balaban J connectivity index is 1.48. The Morgan fingerprint density at radius 2 is 1.92 bits per heavy atom. The molecule has 5 heteroatoms. The quantitative estimate of drug-likeness (QED) is 0.774. The van der Waals surface area contributed by atoms with E-state index < -0.39 is 0 Å². The Kier molecular flexibility index (Phi) is 6.07. The van der Waals surface area contributed by atoms with E-state index in [9.17, 15) is 0 Å². The summed E-state index contributed by atoms with van der Waals surface area (Å²) in [7, 11) is 0. The van der Waals surface area contributed by atoms with Crippen molar-refractivity contribution in [3.8, 4) is 5.75 Å². The summed E-state index contributed by atoms with van der Waals surface area (Å²) in [6, 6.07) is 15.5. The van der Waals surface area contributed by atoms with Crippen LogP contribution in [0.2, 0.25) is 5.02 Å². The van der Waals surface area contributed by atoms with E-state index in [2.05, 4.69) is 5.32 Å². The van der Waals surface area contributed by atoms with Crippen LogP contribution in [0.4, 0.5) is 0 Å². The fraction of sp³-hybridized carbons (Fsp3) is 0.316. The summed E-state index contributed by atoms with van der Waals surface area (Å²) >= 11 is 11.3. The number of ether oxygens (including phenoxy) is 2. The number of hydrogen-bond acceptors (Lipinski definition) is 3. The van der Waals surface area contributed by atoms with E-state index in [-0.39, 0.29) is 6.10 Å². The molecule has 2 aromatic rings. The van der Waals surface area contributed by atoms with Gasteiger partial charge in [0.15, 0.2) is 0 Å². The van der Waals surface area contributed by atoms with Crippen LogP contribution in [-0.4, -0.2) is 24.2 Å². The minimum absolute atomic E-state index is 0.282. The lowest BCUT2D eigenvalue weighted by Crippen LogP contribution is -2.31. The fourth-order valence-corrected chi connectivity index (χ4v) is 2.91. The van der Waals surface area contributed by atoms with Gasteiger partial charge in [0.25, 0.3) is 0 Å². The minimum atomic E-state index is 0.282. The van der Waals surface area contributed by atoms with Gasteiger partial charge in [-0.05, 0) is 54.8 Å². The highest BCUT2D eigenvalue weighted by Crippen LogP contribution is 2.16. The fourth-order valence-electron chi connectivity index (χ4n) is 2.56. The molecule has 1 heterocycles. The maximum Gasteiger partial charge on any atom is 0.119 e. The molecule has 0 aromatic heterocycles. The van der Waals surface area contributed by atoms with Crippen LogP contribution in [0.15, 0.2) is 48.5 Å². The first kappa shape index (κ1) is 17.2. The molecule has 0 spiro atoms. The molecule has 126 valence electrons. The Morgan fingerprint density at radius 1 is 1.17 bits per heavy atom. The molecule has 0 radical (unpaired) electrons. The molecule has 1 fully saturated rings. The molecule has 2 aromatic carbocycles. The summed E-state index contributed by atoms with van der Waals surface area (Å²) in [4.78, 5) is 0.745. The van der Waals surface area contributed by atoms with Crippen molar-refractivity contribution in [1.82, 2.24) is 5.32 Å². The lowest BCUT2D eigenvalue weighted by atomic mass is 10.2. The normalized spacial score (nSPS) is 16.8. The van der Waals surface area contributed by atoms with Gasteiger partial charge in [0.05, 0.1) is 6.10 Å². The van der Waals surface area contributed by atoms with Crippen LogP contribution in [0.25, 0.3) is 0 Å². The molecule has 1 saturated heterocycles. The topological polar surface area (TPSA) is 30.5 Å². The number of hydrogen-bond donors (Lipinski definition) is 1. The SMILES string of the molecule is S=C(NC[C@H]1CCCO1)c1ccc(OCc2ccc(Cl)cc2)cc1. The molecule has 1 atom stereocenters. The highest BCUT2D eigenvalue weighted by atomic mass is 35.5. The van der Waals surface area contributed by atoms with Gasteiger partial charge in [-0.25, -0.2) is 0 Å². The monoisotopic (exact) mass is 361 g/mol. The maximum absolute atomic E-state index is 5.88. The molecule has 0 unspecified atom stereocenters. The average molecular weight is 362 g/mol. The third kappa shape index (κ3) is 4.94. The average Bonchev–Trinajstić information content (AvgIpc) is 3.13. The van der Waals surface area contributed by atoms with Crippen LogP contribution < -0.4 is 10.1 Å². The molecule has 1 aliphatic rings. The summed E-state index contributed by atoms with van der Waals surface area (Å²) in [5.41, 5.74) is 2.07. The van der Waals surface area contributed by atoms with E-state index in [0.29, 0.717) is 6.61 Å². The molecule has 0 saturated carbocycles. The zero-order valence-corrected chi connectivity index (χ0v) is 14.9. The van der Waals surface area contributed by atoms with Crippen molar-refractivity contribution in [2.24, 2.45) is 0 Å². The minimum Gasteiger partial charge on any atom is -0.489 e. The van der Waals surface area contributed by atoms with Crippen molar-refractivity contribution in [1.29, 1.82) is 0 Å². The van der Waals surface area contributed by atoms with Crippen molar-refractivity contribution >= 4 is 28.8 Å². The molecular formula is C19H20ClNO2S. The Bertz CT molecular complexity index is 667. The number of halogens is 1. The van der Waals surface area contributed by atoms with E-state index in [1.165, 1.54) is 0 Å². The summed E-state index contributed by atoms with van der Waals surface area (Å²) in [5.74, 6) is 0.815. The van der Waals surface area contributed by atoms with Gasteiger partial charge in [-0.3, -0.25) is 0 Å². The number of thiocarbonyl (C=S) groups is 1. The van der Waals surface area contributed by atoms with Crippen molar-refractivity contribution in [2.75, 3.05) is 13.2 Å². The van der Waals surface area contributed by atoms with Crippen LogP contribution in [-0.2, 0) is 11.3 Å². The molecule has 1 N–H and O–H groups in total. The lowest BCUT2D eigenvalue weighted by molar-refractivity contribution is 0.114. The maximum atomic E-state index is 5.88. The van der Waals surface area contributed by atoms with Crippen molar-refractivity contribution < 1.29 is 9.47 Å². The van der Waals surface area contributed by atoms with Gasteiger partial charge in [0.2, 0.25) is 0 Å². The van der Waals surface area contributed by atoms with Crippen LogP contribution in [0.1, 0.15) is 24.0 Å². The second kappa shape index (κ2) is 8.47. The standard InChI is InChI=1S/C19H20ClNO2S/c20-16-7-3-14(4-8-16)13-23-17-9-5-15(6-10-17)19(24)21-12-18-2-1-11-22-18/h3-10,18H,1-2,11-13H2,(H,21,24)/t18-/m1/s1. The second-order valence-corrected chi connectivity index (χ2v) is 6.63. The van der Waals surface area contributed by atoms with Crippen molar-refractivity contribution in [2.45, 2.75) is 25.6 Å². The van der Waals surface area contributed by atoms with E-state index >= 15 is 0 Å². The van der Waals surface area contributed by atoms with Crippen LogP contribution in [0, 0.1) is 0 Å². The van der Waals surface area contributed by atoms with Crippen LogP contribution >= 0.6 is 23.8 Å². The molecule has 0 bridgehead atoms. The molecular weight excluding hydrogens is 342 g/mol. The smallest absolute Gasteiger partial charge is 0.119 e. The van der Waals surface area contributed by atoms with Crippen LogP contribution in [0.5, 0.6) is 5.75 Å². The summed E-state index contributed by atoms with van der Waals surface area (Å²) in [6.07, 6.45) is 2.52. The zero-order chi connectivity index (χ0) is 16.8. The lowest BCUT2D eigenvalue weighted by Gasteiger charge is -2.13. The van der Waals surface area contributed by atoms with Gasteiger partial charge >= 0.3 is 0 Å². The van der Waals surface area contributed by atoms with Crippen molar-refractivity contribution in [3.63, 3.8) is 0 Å². The largest absolute Gasteiger partial charge is 0.489 e. The summed E-state index contributed by atoms with van der Waals surface area (Å²) < 4.78 is 11.4. The summed E-state index contributed by atoms with van der Waals surface area (Å²) in [5, 5.41) is 4.01. The summed E-state index contributed by atoms with van der Waals surface area (Å²) in [6.45, 7) is 2.14. The molecule has 24 heavy (non-hydrogen) atoms. The number of rotatable bonds is 6. The van der Waals surface area contributed by atoms with E-state index in [4.69, 9.17) is 33.3 Å². The molecule has 1 aliphatic heterocycles. The number of nitrogens with one attached hydrogen (secondary N) is 1. The Labute approximate surface area is 152 Å². The highest BCUT2D eigenvalue weighted by Gasteiger charge is 2.15. The third-order valence-corrected chi connectivity index (χ3v) is 4.58. The van der Waals surface area contributed by atoms with Gasteiger partial charge < -0.3 is 14.8 Å². The molecule has 3 rings (SSSR count). The first-order valence-electron chi connectivity index (χ1n) is 8.08.